The van der Waals surface area contributed by atoms with Crippen LogP contribution in [0.4, 0.5) is 0 Å². The lowest BCUT2D eigenvalue weighted by Gasteiger charge is -2.10. The van der Waals surface area contributed by atoms with Crippen molar-refractivity contribution in [3.8, 4) is 5.75 Å². The molecule has 0 radical (unpaired) electrons. The van der Waals surface area contributed by atoms with Gasteiger partial charge < -0.3 is 9.47 Å². The molecule has 0 unspecified atom stereocenters. The maximum Gasteiger partial charge on any atom is 0.359 e. The number of benzene rings is 2. The molecule has 128 valence electrons. The number of carbonyl (C=O) groups is 1. The second-order valence-electron chi connectivity index (χ2n) is 5.57. The number of ether oxygens (including phenoxy) is 2. The fourth-order valence-corrected chi connectivity index (χ4v) is 2.52. The minimum absolute atomic E-state index is 0.0893. The van der Waals surface area contributed by atoms with E-state index in [4.69, 9.17) is 9.47 Å². The summed E-state index contributed by atoms with van der Waals surface area (Å²) >= 11 is 0. The average molecular weight is 338 g/mol. The highest BCUT2D eigenvalue weighted by Gasteiger charge is 2.16. The summed E-state index contributed by atoms with van der Waals surface area (Å²) in [6.45, 7) is 2.27. The highest BCUT2D eigenvalue weighted by molar-refractivity contribution is 6.02. The fourth-order valence-electron chi connectivity index (χ4n) is 2.52. The van der Waals surface area contributed by atoms with Crippen LogP contribution >= 0.6 is 0 Å². The van der Waals surface area contributed by atoms with Gasteiger partial charge >= 0.3 is 5.97 Å². The standard InChI is InChI=1S/C19H18N2O4/c1-13-7-3-6-10-16(13)24-11-12-25-19(23)17-14-8-4-5-9-15(14)18(22)21(2)20-17/h3-10H,11-12H2,1-2H3. The Labute approximate surface area is 144 Å². The van der Waals surface area contributed by atoms with Crippen molar-refractivity contribution in [2.24, 2.45) is 7.05 Å². The summed E-state index contributed by atoms with van der Waals surface area (Å²) in [5.74, 6) is 0.171. The van der Waals surface area contributed by atoms with Crippen molar-refractivity contribution in [2.45, 2.75) is 6.92 Å². The minimum atomic E-state index is -0.583. The third kappa shape index (κ3) is 3.52. The molecule has 0 aliphatic rings. The van der Waals surface area contributed by atoms with E-state index in [0.717, 1.165) is 16.0 Å². The van der Waals surface area contributed by atoms with E-state index in [2.05, 4.69) is 5.10 Å². The van der Waals surface area contributed by atoms with Gasteiger partial charge in [-0.1, -0.05) is 36.4 Å². The first-order chi connectivity index (χ1) is 12.1. The summed E-state index contributed by atoms with van der Waals surface area (Å²) < 4.78 is 12.0. The fraction of sp³-hybridized carbons (Fsp3) is 0.211. The van der Waals surface area contributed by atoms with Gasteiger partial charge in [-0.25, -0.2) is 9.48 Å². The first-order valence-electron chi connectivity index (χ1n) is 7.89. The molecule has 0 spiro atoms. The number of carbonyl (C=O) groups excluding carboxylic acids is 1. The van der Waals surface area contributed by atoms with E-state index < -0.39 is 5.97 Å². The number of nitrogens with zero attached hydrogens (tertiary/aromatic N) is 2. The smallest absolute Gasteiger partial charge is 0.359 e. The van der Waals surface area contributed by atoms with Crippen molar-refractivity contribution in [3.05, 3.63) is 70.1 Å². The highest BCUT2D eigenvalue weighted by Crippen LogP contribution is 2.16. The van der Waals surface area contributed by atoms with Crippen molar-refractivity contribution >= 4 is 16.7 Å². The first-order valence-corrected chi connectivity index (χ1v) is 7.89. The van der Waals surface area contributed by atoms with Crippen LogP contribution < -0.4 is 10.3 Å². The van der Waals surface area contributed by atoms with Crippen molar-refractivity contribution in [1.29, 1.82) is 0 Å². The van der Waals surface area contributed by atoms with Gasteiger partial charge in [0.05, 0.1) is 5.39 Å². The Kier molecular flexibility index (Phi) is 4.79. The zero-order chi connectivity index (χ0) is 17.8. The number of rotatable bonds is 5. The minimum Gasteiger partial charge on any atom is -0.490 e. The second kappa shape index (κ2) is 7.17. The maximum absolute atomic E-state index is 12.3. The molecule has 1 aromatic heterocycles. The van der Waals surface area contributed by atoms with Crippen LogP contribution in [-0.4, -0.2) is 29.0 Å². The molecule has 0 aliphatic carbocycles. The molecule has 0 fully saturated rings. The summed E-state index contributed by atoms with van der Waals surface area (Å²) in [4.78, 5) is 24.4. The number of para-hydroxylation sites is 1. The molecule has 1 heterocycles. The van der Waals surface area contributed by atoms with Crippen LogP contribution in [0.5, 0.6) is 5.75 Å². The van der Waals surface area contributed by atoms with Crippen LogP contribution in [0.15, 0.2) is 53.3 Å². The third-order valence-corrected chi connectivity index (χ3v) is 3.82. The van der Waals surface area contributed by atoms with E-state index in [9.17, 15) is 9.59 Å². The van der Waals surface area contributed by atoms with E-state index in [0.29, 0.717) is 10.8 Å². The number of esters is 1. The van der Waals surface area contributed by atoms with Crippen molar-refractivity contribution in [2.75, 3.05) is 13.2 Å². The number of aryl methyl sites for hydroxylation is 2. The molecule has 3 rings (SSSR count). The summed E-state index contributed by atoms with van der Waals surface area (Å²) in [5.41, 5.74) is 0.878. The van der Waals surface area contributed by atoms with Gasteiger partial charge in [0.25, 0.3) is 5.56 Å². The normalized spacial score (nSPS) is 10.6. The Morgan fingerprint density at radius 3 is 2.48 bits per heavy atom. The molecule has 0 bridgehead atoms. The van der Waals surface area contributed by atoms with Crippen LogP contribution in [0.2, 0.25) is 0 Å². The van der Waals surface area contributed by atoms with Crippen molar-refractivity contribution < 1.29 is 14.3 Å². The highest BCUT2D eigenvalue weighted by atomic mass is 16.6. The van der Waals surface area contributed by atoms with Gasteiger partial charge in [-0.3, -0.25) is 4.79 Å². The summed E-state index contributed by atoms with van der Waals surface area (Å²) in [7, 11) is 1.51. The first kappa shape index (κ1) is 16.7. The summed E-state index contributed by atoms with van der Waals surface area (Å²) in [5, 5.41) is 4.96. The van der Waals surface area contributed by atoms with Gasteiger partial charge in [0.15, 0.2) is 5.69 Å². The second-order valence-corrected chi connectivity index (χ2v) is 5.57. The van der Waals surface area contributed by atoms with Gasteiger partial charge in [0, 0.05) is 12.4 Å². The molecular weight excluding hydrogens is 320 g/mol. The number of fused-ring (bicyclic) bond motifs is 1. The van der Waals surface area contributed by atoms with Gasteiger partial charge in [0.1, 0.15) is 19.0 Å². The van der Waals surface area contributed by atoms with Gasteiger partial charge in [-0.05, 0) is 24.6 Å². The van der Waals surface area contributed by atoms with Gasteiger partial charge in [-0.2, -0.15) is 5.10 Å². The Hall–Kier alpha value is -3.15. The lowest BCUT2D eigenvalue weighted by atomic mass is 10.1. The molecule has 0 aliphatic heterocycles. The number of hydrogen-bond acceptors (Lipinski definition) is 5. The molecule has 0 saturated carbocycles. The zero-order valence-corrected chi connectivity index (χ0v) is 14.1. The molecular formula is C19H18N2O4. The van der Waals surface area contributed by atoms with E-state index in [1.165, 1.54) is 7.05 Å². The quantitative estimate of drug-likeness (QED) is 0.528. The maximum atomic E-state index is 12.3. The van der Waals surface area contributed by atoms with E-state index >= 15 is 0 Å². The molecule has 0 atom stereocenters. The van der Waals surface area contributed by atoms with Gasteiger partial charge in [-0.15, -0.1) is 0 Å². The topological polar surface area (TPSA) is 70.4 Å². The Balaban J connectivity index is 1.70. The molecule has 0 N–H and O–H groups in total. The van der Waals surface area contributed by atoms with E-state index in [-0.39, 0.29) is 24.5 Å². The van der Waals surface area contributed by atoms with Crippen molar-refractivity contribution in [3.63, 3.8) is 0 Å². The van der Waals surface area contributed by atoms with E-state index in [1.54, 1.807) is 24.3 Å². The molecule has 2 aromatic carbocycles. The van der Waals surface area contributed by atoms with Crippen molar-refractivity contribution in [1.82, 2.24) is 9.78 Å². The predicted octanol–water partition coefficient (Wildman–Crippen LogP) is 2.48. The molecule has 3 aromatic rings. The Morgan fingerprint density at radius 1 is 1.04 bits per heavy atom. The lowest BCUT2D eigenvalue weighted by molar-refractivity contribution is 0.0443. The van der Waals surface area contributed by atoms with E-state index in [1.807, 2.05) is 31.2 Å². The predicted molar refractivity (Wildman–Crippen MR) is 93.9 cm³/mol. The molecule has 6 nitrogen and oxygen atoms in total. The van der Waals surface area contributed by atoms with Crippen LogP contribution in [0.3, 0.4) is 0 Å². The van der Waals surface area contributed by atoms with Crippen LogP contribution in [0.1, 0.15) is 16.1 Å². The largest absolute Gasteiger partial charge is 0.490 e. The van der Waals surface area contributed by atoms with Gasteiger partial charge in [0.2, 0.25) is 0 Å². The molecule has 25 heavy (non-hydrogen) atoms. The number of hydrogen-bond donors (Lipinski definition) is 0. The number of aromatic nitrogens is 2. The Bertz CT molecular complexity index is 979. The lowest BCUT2D eigenvalue weighted by Crippen LogP contribution is -2.24. The summed E-state index contributed by atoms with van der Waals surface area (Å²) in [6, 6.07) is 14.5. The summed E-state index contributed by atoms with van der Waals surface area (Å²) in [6.07, 6.45) is 0. The average Bonchev–Trinajstić information content (AvgIpc) is 2.63. The zero-order valence-electron chi connectivity index (χ0n) is 14.1. The monoisotopic (exact) mass is 338 g/mol. The SMILES string of the molecule is Cc1ccccc1OCCOC(=O)c1nn(C)c(=O)c2ccccc12. The molecule has 6 heteroatoms. The van der Waals surface area contributed by atoms with Crippen LogP contribution in [0.25, 0.3) is 10.8 Å². The molecule has 0 saturated heterocycles. The van der Waals surface area contributed by atoms with Crippen LogP contribution in [0, 0.1) is 6.92 Å². The third-order valence-electron chi connectivity index (χ3n) is 3.82. The Morgan fingerprint density at radius 2 is 1.72 bits per heavy atom. The molecule has 0 amide bonds. The van der Waals surface area contributed by atoms with Crippen LogP contribution in [-0.2, 0) is 11.8 Å².